The van der Waals surface area contributed by atoms with Gasteiger partial charge < -0.3 is 15.7 Å². The van der Waals surface area contributed by atoms with E-state index < -0.39 is 0 Å². The number of nitrogen functional groups attached to an aromatic ring is 1. The highest BCUT2D eigenvalue weighted by atomic mass is 15.0. The largest absolute Gasteiger partial charge is 0.369 e. The number of nitrogens with two attached hydrogens (primary N) is 1. The molecule has 0 aliphatic rings. The average Bonchev–Trinajstić information content (AvgIpc) is 3.27. The normalized spacial score (nSPS) is 10.8. The zero-order chi connectivity index (χ0) is 15.6. The number of nitrogens with zero attached hydrogens (tertiary/aromatic N) is 2. The Labute approximate surface area is 133 Å². The van der Waals surface area contributed by atoms with E-state index in [4.69, 9.17) is 5.73 Å². The fraction of sp³-hybridized carbons (Fsp3) is 0. The molecule has 4 N–H and O–H groups in total. The van der Waals surface area contributed by atoms with E-state index in [0.717, 1.165) is 28.1 Å². The van der Waals surface area contributed by atoms with Gasteiger partial charge in [-0.1, -0.05) is 48.5 Å². The quantitative estimate of drug-likeness (QED) is 0.539. The molecule has 4 rings (SSSR count). The van der Waals surface area contributed by atoms with Gasteiger partial charge in [0.1, 0.15) is 0 Å². The van der Waals surface area contributed by atoms with Crippen LogP contribution in [0.25, 0.3) is 33.6 Å². The van der Waals surface area contributed by atoms with Gasteiger partial charge in [0.05, 0.1) is 30.1 Å². The molecule has 112 valence electrons. The molecular weight excluding hydrogens is 286 g/mol. The Kier molecular flexibility index (Phi) is 3.16. The molecule has 0 fully saturated rings. The monoisotopic (exact) mass is 301 g/mol. The van der Waals surface area contributed by atoms with Crippen LogP contribution in [0.1, 0.15) is 0 Å². The van der Waals surface area contributed by atoms with E-state index in [1.807, 2.05) is 6.20 Å². The second kappa shape index (κ2) is 5.46. The molecule has 0 atom stereocenters. The molecule has 2 aromatic carbocycles. The van der Waals surface area contributed by atoms with Crippen LogP contribution in [0.3, 0.4) is 0 Å². The first kappa shape index (κ1) is 13.3. The molecular formula is C18H15N5. The molecule has 2 heterocycles. The van der Waals surface area contributed by atoms with Crippen LogP contribution >= 0.6 is 0 Å². The molecule has 2 aromatic heterocycles. The molecule has 0 spiro atoms. The minimum absolute atomic E-state index is 0.429. The number of hydrogen-bond acceptors (Lipinski definition) is 3. The molecule has 5 heteroatoms. The van der Waals surface area contributed by atoms with Gasteiger partial charge in [-0.25, -0.2) is 9.97 Å². The van der Waals surface area contributed by atoms with Crippen LogP contribution in [0, 0.1) is 0 Å². The number of rotatable bonds is 3. The van der Waals surface area contributed by atoms with Gasteiger partial charge in [0, 0.05) is 0 Å². The summed E-state index contributed by atoms with van der Waals surface area (Å²) >= 11 is 0. The Morgan fingerprint density at radius 3 is 1.74 bits per heavy atom. The van der Waals surface area contributed by atoms with Gasteiger partial charge in [-0.3, -0.25) is 0 Å². The Bertz CT molecular complexity index is 903. The first-order chi connectivity index (χ1) is 11.3. The lowest BCUT2D eigenvalue weighted by Crippen LogP contribution is -1.85. The van der Waals surface area contributed by atoms with Crippen molar-refractivity contribution in [1.82, 2.24) is 19.9 Å². The minimum Gasteiger partial charge on any atom is -0.369 e. The van der Waals surface area contributed by atoms with E-state index in [-0.39, 0.29) is 0 Å². The van der Waals surface area contributed by atoms with Gasteiger partial charge in [0.2, 0.25) is 0 Å². The van der Waals surface area contributed by atoms with Crippen LogP contribution in [0.4, 0.5) is 5.95 Å². The Hall–Kier alpha value is -3.34. The summed E-state index contributed by atoms with van der Waals surface area (Å²) in [6.07, 6.45) is 5.24. The van der Waals surface area contributed by atoms with E-state index in [0.29, 0.717) is 5.95 Å². The highest BCUT2D eigenvalue weighted by Crippen LogP contribution is 2.26. The smallest absolute Gasteiger partial charge is 0.197 e. The van der Waals surface area contributed by atoms with E-state index in [2.05, 4.69) is 68.5 Å². The first-order valence-corrected chi connectivity index (χ1v) is 7.30. The molecule has 0 aliphatic carbocycles. The highest BCUT2D eigenvalue weighted by molar-refractivity contribution is 5.71. The Balaban J connectivity index is 1.60. The molecule has 0 saturated heterocycles. The van der Waals surface area contributed by atoms with Crippen molar-refractivity contribution in [3.63, 3.8) is 0 Å². The summed E-state index contributed by atoms with van der Waals surface area (Å²) < 4.78 is 0. The number of hydrogen-bond donors (Lipinski definition) is 3. The van der Waals surface area contributed by atoms with Crippen LogP contribution in [0.5, 0.6) is 0 Å². The van der Waals surface area contributed by atoms with E-state index in [9.17, 15) is 0 Å². The van der Waals surface area contributed by atoms with Crippen LogP contribution in [0.15, 0.2) is 67.3 Å². The summed E-state index contributed by atoms with van der Waals surface area (Å²) in [7, 11) is 0. The summed E-state index contributed by atoms with van der Waals surface area (Å²) in [5.41, 5.74) is 12.1. The highest BCUT2D eigenvalue weighted by Gasteiger charge is 2.04. The molecule has 5 nitrogen and oxygen atoms in total. The van der Waals surface area contributed by atoms with Crippen molar-refractivity contribution in [3.8, 4) is 33.6 Å². The lowest BCUT2D eigenvalue weighted by atomic mass is 10.0. The molecule has 0 saturated carbocycles. The minimum atomic E-state index is 0.429. The molecule has 0 aliphatic heterocycles. The third-order valence-corrected chi connectivity index (χ3v) is 3.82. The average molecular weight is 301 g/mol. The van der Waals surface area contributed by atoms with Gasteiger partial charge in [-0.05, 0) is 22.3 Å². The summed E-state index contributed by atoms with van der Waals surface area (Å²) in [6, 6.07) is 16.7. The third-order valence-electron chi connectivity index (χ3n) is 3.82. The van der Waals surface area contributed by atoms with Crippen LogP contribution in [-0.2, 0) is 0 Å². The van der Waals surface area contributed by atoms with Crippen molar-refractivity contribution in [2.45, 2.75) is 0 Å². The lowest BCUT2D eigenvalue weighted by molar-refractivity contribution is 1.31. The van der Waals surface area contributed by atoms with Gasteiger partial charge in [0.25, 0.3) is 0 Å². The maximum atomic E-state index is 5.62. The number of aromatic nitrogens is 4. The van der Waals surface area contributed by atoms with Crippen molar-refractivity contribution in [1.29, 1.82) is 0 Å². The third kappa shape index (κ3) is 2.60. The maximum Gasteiger partial charge on any atom is 0.197 e. The lowest BCUT2D eigenvalue weighted by Gasteiger charge is -2.05. The molecule has 0 unspecified atom stereocenters. The van der Waals surface area contributed by atoms with Gasteiger partial charge >= 0.3 is 0 Å². The van der Waals surface area contributed by atoms with Gasteiger partial charge in [0.15, 0.2) is 5.95 Å². The van der Waals surface area contributed by atoms with Crippen molar-refractivity contribution >= 4 is 5.95 Å². The first-order valence-electron chi connectivity index (χ1n) is 7.30. The molecule has 23 heavy (non-hydrogen) atoms. The van der Waals surface area contributed by atoms with Crippen molar-refractivity contribution in [2.75, 3.05) is 5.73 Å². The molecule has 0 bridgehead atoms. The fourth-order valence-corrected chi connectivity index (χ4v) is 2.58. The standard InChI is InChI=1S/C18H15N5/c19-18-21-10-17(23-18)15-7-3-13(4-8-15)12-1-5-14(6-2-12)16-9-20-11-22-16/h1-11H,(H,20,22)(H3,19,21,23). The second-order valence-corrected chi connectivity index (χ2v) is 5.30. The van der Waals surface area contributed by atoms with Crippen LogP contribution < -0.4 is 5.73 Å². The zero-order valence-electron chi connectivity index (χ0n) is 12.3. The van der Waals surface area contributed by atoms with Crippen molar-refractivity contribution in [2.24, 2.45) is 0 Å². The van der Waals surface area contributed by atoms with E-state index in [1.165, 1.54) is 5.56 Å². The maximum absolute atomic E-state index is 5.62. The van der Waals surface area contributed by atoms with E-state index >= 15 is 0 Å². The topological polar surface area (TPSA) is 83.4 Å². The number of benzene rings is 2. The molecule has 0 amide bonds. The van der Waals surface area contributed by atoms with Crippen molar-refractivity contribution in [3.05, 3.63) is 67.3 Å². The fourth-order valence-electron chi connectivity index (χ4n) is 2.58. The van der Waals surface area contributed by atoms with Crippen LogP contribution in [0.2, 0.25) is 0 Å². The predicted octanol–water partition coefficient (Wildman–Crippen LogP) is 3.72. The molecule has 4 aromatic rings. The summed E-state index contributed by atoms with van der Waals surface area (Å²) in [5.74, 6) is 0.429. The SMILES string of the molecule is Nc1ncc(-c2ccc(-c3ccc(-c4cnc[nH]4)cc3)cc2)[nH]1. The Morgan fingerprint density at radius 1 is 0.696 bits per heavy atom. The Morgan fingerprint density at radius 2 is 1.26 bits per heavy atom. The number of nitrogens with one attached hydrogen (secondary N) is 2. The summed E-state index contributed by atoms with van der Waals surface area (Å²) in [6.45, 7) is 0. The summed E-state index contributed by atoms with van der Waals surface area (Å²) in [5, 5.41) is 0. The number of imidazole rings is 2. The van der Waals surface area contributed by atoms with Gasteiger partial charge in [-0.2, -0.15) is 0 Å². The number of aromatic amines is 2. The molecule has 0 radical (unpaired) electrons. The second-order valence-electron chi connectivity index (χ2n) is 5.30. The van der Waals surface area contributed by atoms with E-state index in [1.54, 1.807) is 12.5 Å². The van der Waals surface area contributed by atoms with Gasteiger partial charge in [-0.15, -0.1) is 0 Å². The zero-order valence-corrected chi connectivity index (χ0v) is 12.3. The number of H-pyrrole nitrogens is 2. The summed E-state index contributed by atoms with van der Waals surface area (Å²) in [4.78, 5) is 14.2. The van der Waals surface area contributed by atoms with Crippen LogP contribution in [-0.4, -0.2) is 19.9 Å². The predicted molar refractivity (Wildman–Crippen MR) is 91.5 cm³/mol. The van der Waals surface area contributed by atoms with Crippen molar-refractivity contribution < 1.29 is 0 Å². The number of anilines is 1.